The molecule has 186 valence electrons. The van der Waals surface area contributed by atoms with Crippen LogP contribution >= 0.6 is 0 Å². The number of nitrogens with zero attached hydrogens (tertiary/aromatic N) is 4. The van der Waals surface area contributed by atoms with Gasteiger partial charge in [-0.05, 0) is 66.6 Å². The van der Waals surface area contributed by atoms with Crippen LogP contribution in [0.5, 0.6) is 5.75 Å². The maximum atomic E-state index is 13.1. The van der Waals surface area contributed by atoms with Gasteiger partial charge in [0.2, 0.25) is 5.82 Å². The molecule has 2 heterocycles. The number of rotatable bonds is 7. The van der Waals surface area contributed by atoms with Crippen molar-refractivity contribution in [2.75, 3.05) is 17.7 Å². The van der Waals surface area contributed by atoms with Crippen LogP contribution in [0.1, 0.15) is 11.1 Å². The number of imidazole rings is 1. The zero-order chi connectivity index (χ0) is 25.8. The normalized spacial score (nSPS) is 10.8. The predicted octanol–water partition coefficient (Wildman–Crippen LogP) is 5.75. The zero-order valence-corrected chi connectivity index (χ0v) is 20.1. The molecular weight excluding hydrogens is 475 g/mol. The topological polar surface area (TPSA) is 107 Å². The fraction of sp³-hybridized carbons (Fsp3) is 0.111. The number of hydrogen-bond acceptors (Lipinski definition) is 6. The van der Waals surface area contributed by atoms with Gasteiger partial charge in [-0.3, -0.25) is 0 Å². The number of aryl methyl sites for hydroxylation is 1. The number of anilines is 2. The van der Waals surface area contributed by atoms with E-state index in [1.54, 1.807) is 31.8 Å². The van der Waals surface area contributed by atoms with E-state index in [1.807, 2.05) is 54.0 Å². The van der Waals surface area contributed by atoms with Crippen LogP contribution in [0.2, 0.25) is 0 Å². The first-order valence-electron chi connectivity index (χ1n) is 11.4. The number of halogens is 1. The average Bonchev–Trinajstić information content (AvgIpc) is 3.56. The third kappa shape index (κ3) is 5.64. The molecule has 2 N–H and O–H groups in total. The van der Waals surface area contributed by atoms with E-state index in [0.29, 0.717) is 40.8 Å². The molecule has 0 bridgehead atoms. The van der Waals surface area contributed by atoms with Gasteiger partial charge in [-0.25, -0.2) is 14.2 Å². The Morgan fingerprint density at radius 2 is 1.84 bits per heavy atom. The van der Waals surface area contributed by atoms with Gasteiger partial charge in [-0.1, -0.05) is 23.4 Å². The molecule has 0 unspecified atom stereocenters. The van der Waals surface area contributed by atoms with Gasteiger partial charge in [0, 0.05) is 24.0 Å². The molecule has 0 fully saturated rings. The first-order valence-corrected chi connectivity index (χ1v) is 11.4. The summed E-state index contributed by atoms with van der Waals surface area (Å²) in [5.74, 6) is 0.885. The van der Waals surface area contributed by atoms with Crippen LogP contribution in [-0.4, -0.2) is 32.8 Å². The van der Waals surface area contributed by atoms with Crippen LogP contribution in [0.4, 0.5) is 20.6 Å². The summed E-state index contributed by atoms with van der Waals surface area (Å²) in [6, 6.07) is 18.6. The van der Waals surface area contributed by atoms with Gasteiger partial charge in [0.15, 0.2) is 0 Å². The summed E-state index contributed by atoms with van der Waals surface area (Å²) in [5.41, 5.74) is 4.44. The quantitative estimate of drug-likeness (QED) is 0.296. The molecule has 9 nitrogen and oxygen atoms in total. The molecule has 0 atom stereocenters. The highest BCUT2D eigenvalue weighted by atomic mass is 19.1. The second-order valence-corrected chi connectivity index (χ2v) is 8.34. The first-order chi connectivity index (χ1) is 18.0. The molecule has 0 saturated heterocycles. The number of urea groups is 1. The van der Waals surface area contributed by atoms with Gasteiger partial charge in [-0.15, -0.1) is 0 Å². The van der Waals surface area contributed by atoms with Crippen molar-refractivity contribution >= 4 is 17.4 Å². The second kappa shape index (κ2) is 10.3. The molecular formula is C27H23FN6O3. The number of methoxy groups -OCH3 is 1. The minimum absolute atomic E-state index is 0.272. The summed E-state index contributed by atoms with van der Waals surface area (Å²) in [4.78, 5) is 21.2. The van der Waals surface area contributed by atoms with Crippen molar-refractivity contribution < 1.29 is 18.4 Å². The first kappa shape index (κ1) is 23.7. The molecule has 2 amide bonds. The van der Waals surface area contributed by atoms with Crippen molar-refractivity contribution in [1.82, 2.24) is 19.7 Å². The highest BCUT2D eigenvalue weighted by molar-refractivity contribution is 6.00. The van der Waals surface area contributed by atoms with E-state index in [-0.39, 0.29) is 17.7 Å². The number of carbonyl (C=O) groups excluding carboxylic acids is 1. The van der Waals surface area contributed by atoms with E-state index < -0.39 is 0 Å². The molecule has 0 aliphatic carbocycles. The lowest BCUT2D eigenvalue weighted by Gasteiger charge is -2.12. The number of ether oxygens (including phenoxy) is 1. The predicted molar refractivity (Wildman–Crippen MR) is 137 cm³/mol. The molecule has 5 rings (SSSR count). The summed E-state index contributed by atoms with van der Waals surface area (Å²) in [6.45, 7) is 2.50. The Balaban J connectivity index is 1.20. The number of aromatic nitrogens is 4. The lowest BCUT2D eigenvalue weighted by molar-refractivity contribution is 0.262. The van der Waals surface area contributed by atoms with Crippen molar-refractivity contribution in [2.45, 2.75) is 13.5 Å². The standard InChI is InChI=1S/C27H23FN6O3/c1-17-3-12-24(36-2)22(13-17)31-27(35)30-21-10-4-18(5-11-21)14-34-15-23(29-16-34)26-32-25(33-37-26)19-6-8-20(28)9-7-19/h3-13,15-16H,14H2,1-2H3,(H2,30,31,35). The van der Waals surface area contributed by atoms with Gasteiger partial charge in [0.25, 0.3) is 5.89 Å². The Morgan fingerprint density at radius 3 is 2.59 bits per heavy atom. The summed E-state index contributed by atoms with van der Waals surface area (Å²) in [7, 11) is 1.56. The van der Waals surface area contributed by atoms with Crippen LogP contribution in [0, 0.1) is 12.7 Å². The van der Waals surface area contributed by atoms with E-state index in [0.717, 1.165) is 11.1 Å². The number of amides is 2. The smallest absolute Gasteiger partial charge is 0.323 e. The van der Waals surface area contributed by atoms with Crippen LogP contribution in [-0.2, 0) is 6.54 Å². The third-order valence-corrected chi connectivity index (χ3v) is 5.56. The number of carbonyl (C=O) groups is 1. The summed E-state index contributed by atoms with van der Waals surface area (Å²) in [6.07, 6.45) is 3.47. The van der Waals surface area contributed by atoms with Gasteiger partial charge >= 0.3 is 6.03 Å². The van der Waals surface area contributed by atoms with Gasteiger partial charge < -0.3 is 24.5 Å². The second-order valence-electron chi connectivity index (χ2n) is 8.34. The molecule has 0 saturated carbocycles. The molecule has 3 aromatic carbocycles. The number of hydrogen-bond donors (Lipinski definition) is 2. The number of nitrogens with one attached hydrogen (secondary N) is 2. The minimum Gasteiger partial charge on any atom is -0.495 e. The van der Waals surface area contributed by atoms with Crippen molar-refractivity contribution in [2.24, 2.45) is 0 Å². The van der Waals surface area contributed by atoms with Crippen LogP contribution in [0.15, 0.2) is 83.8 Å². The molecule has 0 radical (unpaired) electrons. The maximum Gasteiger partial charge on any atom is 0.323 e. The van der Waals surface area contributed by atoms with E-state index >= 15 is 0 Å². The number of benzene rings is 3. The Hall–Kier alpha value is -4.99. The van der Waals surface area contributed by atoms with E-state index in [4.69, 9.17) is 9.26 Å². The third-order valence-electron chi connectivity index (χ3n) is 5.56. The van der Waals surface area contributed by atoms with E-state index in [9.17, 15) is 9.18 Å². The van der Waals surface area contributed by atoms with E-state index in [2.05, 4.69) is 25.8 Å². The Kier molecular flexibility index (Phi) is 6.62. The molecule has 5 aromatic rings. The fourth-order valence-corrected chi connectivity index (χ4v) is 3.71. The molecule has 0 aliphatic heterocycles. The Labute approximate surface area is 211 Å². The highest BCUT2D eigenvalue weighted by Gasteiger charge is 2.14. The van der Waals surface area contributed by atoms with Crippen LogP contribution in [0.25, 0.3) is 23.0 Å². The van der Waals surface area contributed by atoms with Gasteiger partial charge in [0.05, 0.1) is 19.1 Å². The fourth-order valence-electron chi connectivity index (χ4n) is 3.71. The lowest BCUT2D eigenvalue weighted by Crippen LogP contribution is -2.19. The van der Waals surface area contributed by atoms with Crippen LogP contribution in [0.3, 0.4) is 0 Å². The monoisotopic (exact) mass is 498 g/mol. The average molecular weight is 499 g/mol. The van der Waals surface area contributed by atoms with Crippen molar-refractivity contribution in [3.05, 3.63) is 96.2 Å². The summed E-state index contributed by atoms with van der Waals surface area (Å²) in [5, 5.41) is 9.59. The van der Waals surface area contributed by atoms with Crippen molar-refractivity contribution in [1.29, 1.82) is 0 Å². The minimum atomic E-state index is -0.365. The van der Waals surface area contributed by atoms with E-state index in [1.165, 1.54) is 12.1 Å². The lowest BCUT2D eigenvalue weighted by atomic mass is 10.2. The van der Waals surface area contributed by atoms with Crippen LogP contribution < -0.4 is 15.4 Å². The SMILES string of the molecule is COc1ccc(C)cc1NC(=O)Nc1ccc(Cn2cnc(-c3nc(-c4ccc(F)cc4)no3)c2)cc1. The highest BCUT2D eigenvalue weighted by Crippen LogP contribution is 2.25. The summed E-state index contributed by atoms with van der Waals surface area (Å²) < 4.78 is 25.7. The largest absolute Gasteiger partial charge is 0.495 e. The zero-order valence-electron chi connectivity index (χ0n) is 20.1. The maximum absolute atomic E-state index is 13.1. The summed E-state index contributed by atoms with van der Waals surface area (Å²) >= 11 is 0. The molecule has 2 aromatic heterocycles. The van der Waals surface area contributed by atoms with Gasteiger partial charge in [-0.2, -0.15) is 4.98 Å². The molecule has 10 heteroatoms. The van der Waals surface area contributed by atoms with Gasteiger partial charge in [0.1, 0.15) is 17.3 Å². The van der Waals surface area contributed by atoms with Crippen molar-refractivity contribution in [3.8, 4) is 28.7 Å². The molecule has 37 heavy (non-hydrogen) atoms. The Bertz CT molecular complexity index is 1530. The molecule has 0 spiro atoms. The molecule has 0 aliphatic rings. The van der Waals surface area contributed by atoms with Crippen molar-refractivity contribution in [3.63, 3.8) is 0 Å². The Morgan fingerprint density at radius 1 is 1.05 bits per heavy atom.